The highest BCUT2D eigenvalue weighted by Gasteiger charge is 2.33. The van der Waals surface area contributed by atoms with Crippen molar-refractivity contribution in [2.75, 3.05) is 24.7 Å². The highest BCUT2D eigenvalue weighted by molar-refractivity contribution is 7.91. The molecular weight excluding hydrogens is 386 g/mol. The number of aliphatic hydroxyl groups is 1. The maximum Gasteiger partial charge on any atom is 0.151 e. The van der Waals surface area contributed by atoms with E-state index in [1.54, 1.807) is 0 Å². The predicted octanol–water partition coefficient (Wildman–Crippen LogP) is 3.04. The molecule has 1 N–H and O–H groups in total. The number of rotatable bonds is 8. The summed E-state index contributed by atoms with van der Waals surface area (Å²) in [5.41, 5.74) is 4.51. The molecule has 0 radical (unpaired) electrons. The zero-order chi connectivity index (χ0) is 21.0. The Bertz CT molecular complexity index is 924. The van der Waals surface area contributed by atoms with Gasteiger partial charge in [-0.05, 0) is 44.4 Å². The Kier molecular flexibility index (Phi) is 6.98. The van der Waals surface area contributed by atoms with Crippen LogP contribution in [0.4, 0.5) is 0 Å². The Labute approximate surface area is 174 Å². The van der Waals surface area contributed by atoms with Gasteiger partial charge in [0.2, 0.25) is 0 Å². The molecule has 1 aliphatic rings. The van der Waals surface area contributed by atoms with Crippen molar-refractivity contribution in [2.45, 2.75) is 45.9 Å². The molecule has 1 saturated heterocycles. The van der Waals surface area contributed by atoms with E-state index in [1.807, 2.05) is 32.9 Å². The Hall–Kier alpha value is -1.89. The molecule has 2 atom stereocenters. The number of sulfone groups is 1. The van der Waals surface area contributed by atoms with Gasteiger partial charge in [-0.3, -0.25) is 4.90 Å². The van der Waals surface area contributed by atoms with Crippen molar-refractivity contribution in [3.05, 3.63) is 64.7 Å². The second-order valence-electron chi connectivity index (χ2n) is 8.21. The number of aliphatic hydroxyl groups excluding tert-OH is 1. The molecule has 3 rings (SSSR count). The van der Waals surface area contributed by atoms with Crippen LogP contribution >= 0.6 is 0 Å². The molecule has 158 valence electrons. The van der Waals surface area contributed by atoms with Gasteiger partial charge in [-0.25, -0.2) is 8.42 Å². The normalized spacial score (nSPS) is 19.4. The van der Waals surface area contributed by atoms with E-state index in [0.717, 1.165) is 16.9 Å². The third kappa shape index (κ3) is 6.29. The molecule has 0 saturated carbocycles. The summed E-state index contributed by atoms with van der Waals surface area (Å²) in [6, 6.07) is 14.1. The fourth-order valence-corrected chi connectivity index (χ4v) is 5.57. The third-order valence-corrected chi connectivity index (χ3v) is 7.19. The second-order valence-corrected chi connectivity index (χ2v) is 10.4. The summed E-state index contributed by atoms with van der Waals surface area (Å²) < 4.78 is 29.8. The van der Waals surface area contributed by atoms with Crippen LogP contribution in [0.5, 0.6) is 5.75 Å². The molecule has 0 bridgehead atoms. The zero-order valence-corrected chi connectivity index (χ0v) is 18.3. The largest absolute Gasteiger partial charge is 0.491 e. The van der Waals surface area contributed by atoms with E-state index < -0.39 is 15.9 Å². The van der Waals surface area contributed by atoms with Crippen LogP contribution in [0.25, 0.3) is 0 Å². The first-order chi connectivity index (χ1) is 13.7. The van der Waals surface area contributed by atoms with Gasteiger partial charge in [-0.15, -0.1) is 0 Å². The van der Waals surface area contributed by atoms with Crippen molar-refractivity contribution in [3.8, 4) is 5.75 Å². The molecule has 6 heteroatoms. The second kappa shape index (κ2) is 9.28. The highest BCUT2D eigenvalue weighted by Crippen LogP contribution is 2.22. The van der Waals surface area contributed by atoms with E-state index in [4.69, 9.17) is 4.74 Å². The van der Waals surface area contributed by atoms with Gasteiger partial charge in [0.1, 0.15) is 18.5 Å². The summed E-state index contributed by atoms with van der Waals surface area (Å²) in [6.07, 6.45) is -0.0942. The van der Waals surface area contributed by atoms with Crippen molar-refractivity contribution in [3.63, 3.8) is 0 Å². The molecule has 2 aromatic rings. The molecule has 2 aromatic carbocycles. The lowest BCUT2D eigenvalue weighted by molar-refractivity contribution is 0.0523. The maximum atomic E-state index is 12.0. The summed E-state index contributed by atoms with van der Waals surface area (Å²) in [5, 5.41) is 10.6. The average molecular weight is 418 g/mol. The fourth-order valence-electron chi connectivity index (χ4n) is 3.80. The van der Waals surface area contributed by atoms with Crippen LogP contribution in [0, 0.1) is 20.8 Å². The first kappa shape index (κ1) is 21.8. The Morgan fingerprint density at radius 3 is 2.41 bits per heavy atom. The minimum absolute atomic E-state index is 0.0722. The molecule has 1 heterocycles. The Balaban J connectivity index is 1.65. The van der Waals surface area contributed by atoms with Gasteiger partial charge in [0, 0.05) is 19.1 Å². The SMILES string of the molecule is Cc1ccc(CN(CC(O)COc2ccc(C)cc2C)C2CCS(=O)(=O)C2)cc1. The third-order valence-electron chi connectivity index (χ3n) is 5.44. The topological polar surface area (TPSA) is 66.8 Å². The van der Waals surface area contributed by atoms with Crippen LogP contribution < -0.4 is 4.74 Å². The van der Waals surface area contributed by atoms with Crippen LogP contribution in [0.3, 0.4) is 0 Å². The van der Waals surface area contributed by atoms with Gasteiger partial charge < -0.3 is 9.84 Å². The average Bonchev–Trinajstić information content (AvgIpc) is 3.02. The lowest BCUT2D eigenvalue weighted by Gasteiger charge is -2.30. The van der Waals surface area contributed by atoms with Crippen LogP contribution in [0.15, 0.2) is 42.5 Å². The number of nitrogens with zero attached hydrogens (tertiary/aromatic N) is 1. The Morgan fingerprint density at radius 2 is 1.79 bits per heavy atom. The van der Waals surface area contributed by atoms with E-state index in [2.05, 4.69) is 35.2 Å². The van der Waals surface area contributed by atoms with Gasteiger partial charge in [-0.1, -0.05) is 47.5 Å². The first-order valence-electron chi connectivity index (χ1n) is 10.1. The van der Waals surface area contributed by atoms with Gasteiger partial charge in [-0.2, -0.15) is 0 Å². The summed E-state index contributed by atoms with van der Waals surface area (Å²) in [4.78, 5) is 2.09. The van der Waals surface area contributed by atoms with E-state index in [9.17, 15) is 13.5 Å². The molecular formula is C23H31NO4S. The molecule has 2 unspecified atom stereocenters. The molecule has 0 spiro atoms. The van der Waals surface area contributed by atoms with Crippen LogP contribution in [0.2, 0.25) is 0 Å². The van der Waals surface area contributed by atoms with Crippen molar-refractivity contribution in [1.82, 2.24) is 4.90 Å². The first-order valence-corrected chi connectivity index (χ1v) is 11.9. The monoisotopic (exact) mass is 417 g/mol. The van der Waals surface area contributed by atoms with Crippen LogP contribution in [-0.4, -0.2) is 55.2 Å². The smallest absolute Gasteiger partial charge is 0.151 e. The summed E-state index contributed by atoms with van der Waals surface area (Å²) in [7, 11) is -2.99. The van der Waals surface area contributed by atoms with Gasteiger partial charge in [0.15, 0.2) is 9.84 Å². The van der Waals surface area contributed by atoms with Crippen LogP contribution in [0.1, 0.15) is 28.7 Å². The number of ether oxygens (including phenoxy) is 1. The van der Waals surface area contributed by atoms with Crippen molar-refractivity contribution in [1.29, 1.82) is 0 Å². The molecule has 1 fully saturated rings. The van der Waals surface area contributed by atoms with Gasteiger partial charge in [0.25, 0.3) is 0 Å². The number of hydrogen-bond acceptors (Lipinski definition) is 5. The van der Waals surface area contributed by atoms with E-state index >= 15 is 0 Å². The van der Waals surface area contributed by atoms with E-state index in [-0.39, 0.29) is 24.2 Å². The summed E-state index contributed by atoms with van der Waals surface area (Å²) >= 11 is 0. The standard InChI is InChI=1S/C23H31NO4S/c1-17-4-7-20(8-5-17)13-24(21-10-11-29(26,27)16-21)14-22(25)15-28-23-9-6-18(2)12-19(23)3/h4-9,12,21-22,25H,10-11,13-16H2,1-3H3. The van der Waals surface area contributed by atoms with Crippen molar-refractivity contribution in [2.24, 2.45) is 0 Å². The number of benzene rings is 2. The van der Waals surface area contributed by atoms with Gasteiger partial charge >= 0.3 is 0 Å². The maximum absolute atomic E-state index is 12.0. The molecule has 5 nitrogen and oxygen atoms in total. The van der Waals surface area contributed by atoms with E-state index in [1.165, 1.54) is 11.1 Å². The van der Waals surface area contributed by atoms with Crippen molar-refractivity contribution < 1.29 is 18.3 Å². The molecule has 0 aliphatic carbocycles. The van der Waals surface area contributed by atoms with E-state index in [0.29, 0.717) is 19.5 Å². The van der Waals surface area contributed by atoms with Gasteiger partial charge in [0.05, 0.1) is 11.5 Å². The number of aryl methyl sites for hydroxylation is 3. The Morgan fingerprint density at radius 1 is 1.10 bits per heavy atom. The molecule has 0 aromatic heterocycles. The number of hydrogen-bond donors (Lipinski definition) is 1. The molecule has 29 heavy (non-hydrogen) atoms. The van der Waals surface area contributed by atoms with Crippen molar-refractivity contribution >= 4 is 9.84 Å². The lowest BCUT2D eigenvalue weighted by Crippen LogP contribution is -2.42. The molecule has 0 amide bonds. The predicted molar refractivity (Wildman–Crippen MR) is 116 cm³/mol. The van der Waals surface area contributed by atoms with Crippen LogP contribution in [-0.2, 0) is 16.4 Å². The zero-order valence-electron chi connectivity index (χ0n) is 17.5. The summed E-state index contributed by atoms with van der Waals surface area (Å²) in [6.45, 7) is 7.22. The quantitative estimate of drug-likeness (QED) is 0.715. The minimum Gasteiger partial charge on any atom is -0.491 e. The summed E-state index contributed by atoms with van der Waals surface area (Å²) in [5.74, 6) is 1.14. The minimum atomic E-state index is -2.99. The lowest BCUT2D eigenvalue weighted by atomic mass is 10.1. The highest BCUT2D eigenvalue weighted by atomic mass is 32.2. The molecule has 1 aliphatic heterocycles. The fraction of sp³-hybridized carbons (Fsp3) is 0.478.